The molecule has 1 aromatic rings. The molecule has 2 N–H and O–H groups in total. The van der Waals surface area contributed by atoms with Gasteiger partial charge in [-0.05, 0) is 44.7 Å². The van der Waals surface area contributed by atoms with Gasteiger partial charge in [-0.25, -0.2) is 9.97 Å². The third-order valence-electron chi connectivity index (χ3n) is 6.82. The van der Waals surface area contributed by atoms with E-state index in [0.29, 0.717) is 25.8 Å². The van der Waals surface area contributed by atoms with Crippen LogP contribution >= 0.6 is 0 Å². The van der Waals surface area contributed by atoms with Crippen LogP contribution < -0.4 is 4.90 Å². The van der Waals surface area contributed by atoms with Crippen molar-refractivity contribution in [1.82, 2.24) is 19.8 Å². The van der Waals surface area contributed by atoms with E-state index < -0.39 is 23.5 Å². The van der Waals surface area contributed by atoms with Crippen molar-refractivity contribution in [2.75, 3.05) is 44.2 Å². The summed E-state index contributed by atoms with van der Waals surface area (Å²) in [6.45, 7) is 9.15. The quantitative estimate of drug-likeness (QED) is 0.484. The SMILES string of the molecule is CCC.O=C1CC2(CCC(O)C2)C(O)C(=O)N1CCCCN1CCN(c2ncccn2)CC1. The Hall–Kier alpha value is -2.10. The van der Waals surface area contributed by atoms with Gasteiger partial charge in [-0.2, -0.15) is 0 Å². The Morgan fingerprint density at radius 2 is 1.67 bits per heavy atom. The normalized spacial score (nSPS) is 28.2. The van der Waals surface area contributed by atoms with Crippen LogP contribution in [0.15, 0.2) is 18.5 Å². The molecule has 3 aliphatic rings. The highest BCUT2D eigenvalue weighted by molar-refractivity contribution is 6.01. The lowest BCUT2D eigenvalue weighted by molar-refractivity contribution is -0.167. The van der Waals surface area contributed by atoms with E-state index in [9.17, 15) is 19.8 Å². The lowest BCUT2D eigenvalue weighted by Crippen LogP contribution is -2.57. The third-order valence-corrected chi connectivity index (χ3v) is 6.82. The number of carbonyl (C=O) groups is 2. The molecule has 1 aliphatic carbocycles. The van der Waals surface area contributed by atoms with Gasteiger partial charge in [-0.15, -0.1) is 0 Å². The van der Waals surface area contributed by atoms with Gasteiger partial charge in [0.2, 0.25) is 11.9 Å². The first-order valence-corrected chi connectivity index (χ1v) is 12.3. The van der Waals surface area contributed by atoms with Crippen LogP contribution in [-0.4, -0.2) is 93.3 Å². The Morgan fingerprint density at radius 3 is 2.27 bits per heavy atom. The van der Waals surface area contributed by atoms with Gasteiger partial charge in [0.1, 0.15) is 6.10 Å². The molecule has 2 aliphatic heterocycles. The molecule has 3 heterocycles. The lowest BCUT2D eigenvalue weighted by atomic mass is 9.74. The minimum atomic E-state index is -1.18. The van der Waals surface area contributed by atoms with E-state index in [1.165, 1.54) is 11.3 Å². The summed E-state index contributed by atoms with van der Waals surface area (Å²) in [6, 6.07) is 1.81. The van der Waals surface area contributed by atoms with E-state index in [0.717, 1.165) is 51.5 Å². The number of aromatic nitrogens is 2. The average molecular weight is 462 g/mol. The predicted molar refractivity (Wildman–Crippen MR) is 126 cm³/mol. The standard InChI is InChI=1S/C21H31N5O4.C3H8/c27-16-4-5-21(14-16)15-17(28)26(19(30)18(21)29)9-2-1-8-24-10-12-25(13-11-24)20-22-6-3-7-23-20;1-3-2/h3,6-7,16,18,27,29H,1-2,4-5,8-15H2;3H2,1-2H3. The van der Waals surface area contributed by atoms with E-state index in [4.69, 9.17) is 0 Å². The van der Waals surface area contributed by atoms with Crippen molar-refractivity contribution in [2.45, 2.75) is 71.0 Å². The molecule has 3 atom stereocenters. The zero-order valence-corrected chi connectivity index (χ0v) is 20.0. The van der Waals surface area contributed by atoms with Gasteiger partial charge in [-0.1, -0.05) is 20.3 Å². The smallest absolute Gasteiger partial charge is 0.258 e. The number of imide groups is 1. The number of rotatable bonds is 6. The zero-order valence-electron chi connectivity index (χ0n) is 20.0. The van der Waals surface area contributed by atoms with Crippen molar-refractivity contribution in [3.8, 4) is 0 Å². The Morgan fingerprint density at radius 1 is 1.03 bits per heavy atom. The summed E-state index contributed by atoms with van der Waals surface area (Å²) in [6.07, 6.45) is 6.22. The summed E-state index contributed by atoms with van der Waals surface area (Å²) in [7, 11) is 0. The Labute approximate surface area is 196 Å². The van der Waals surface area contributed by atoms with Crippen molar-refractivity contribution in [1.29, 1.82) is 0 Å². The molecule has 2 saturated heterocycles. The second-order valence-electron chi connectivity index (χ2n) is 9.51. The first-order chi connectivity index (χ1) is 15.9. The van der Waals surface area contributed by atoms with Crippen LogP contribution in [-0.2, 0) is 9.59 Å². The summed E-state index contributed by atoms with van der Waals surface area (Å²) in [4.78, 5) is 39.6. The number of hydrogen-bond acceptors (Lipinski definition) is 8. The minimum Gasteiger partial charge on any atom is -0.393 e. The molecular weight excluding hydrogens is 422 g/mol. The molecule has 0 radical (unpaired) electrons. The third kappa shape index (κ3) is 6.28. The van der Waals surface area contributed by atoms with Crippen molar-refractivity contribution in [2.24, 2.45) is 5.41 Å². The van der Waals surface area contributed by atoms with Gasteiger partial charge in [0.05, 0.1) is 6.10 Å². The number of nitrogens with zero attached hydrogens (tertiary/aromatic N) is 5. The van der Waals surface area contributed by atoms with Crippen LogP contribution in [0.3, 0.4) is 0 Å². The summed E-state index contributed by atoms with van der Waals surface area (Å²) in [5.41, 5.74) is -0.758. The minimum absolute atomic E-state index is 0.153. The Balaban J connectivity index is 0.000000968. The van der Waals surface area contributed by atoms with Crippen LogP contribution in [0.1, 0.15) is 58.8 Å². The molecule has 0 aromatic carbocycles. The fourth-order valence-electron chi connectivity index (χ4n) is 5.03. The summed E-state index contributed by atoms with van der Waals surface area (Å²) < 4.78 is 0. The highest BCUT2D eigenvalue weighted by Crippen LogP contribution is 2.47. The Kier molecular flexibility index (Phi) is 9.17. The zero-order chi connectivity index (χ0) is 23.8. The molecule has 9 heteroatoms. The molecule has 33 heavy (non-hydrogen) atoms. The van der Waals surface area contributed by atoms with Gasteiger partial charge in [0.25, 0.3) is 5.91 Å². The van der Waals surface area contributed by atoms with E-state index in [1.807, 2.05) is 6.07 Å². The van der Waals surface area contributed by atoms with Crippen molar-refractivity contribution in [3.05, 3.63) is 18.5 Å². The largest absolute Gasteiger partial charge is 0.393 e. The molecule has 4 rings (SSSR count). The predicted octanol–water partition coefficient (Wildman–Crippen LogP) is 1.45. The van der Waals surface area contributed by atoms with Gasteiger partial charge in [0, 0.05) is 57.0 Å². The first kappa shape index (κ1) is 25.5. The Bertz CT molecular complexity index is 771. The topological polar surface area (TPSA) is 110 Å². The number of hydrogen-bond donors (Lipinski definition) is 2. The van der Waals surface area contributed by atoms with Crippen LogP contribution in [0.2, 0.25) is 0 Å². The maximum absolute atomic E-state index is 12.6. The molecule has 3 unspecified atom stereocenters. The molecule has 184 valence electrons. The van der Waals surface area contributed by atoms with E-state index in [1.54, 1.807) is 12.4 Å². The van der Waals surface area contributed by atoms with Crippen LogP contribution in [0.5, 0.6) is 0 Å². The van der Waals surface area contributed by atoms with Crippen molar-refractivity contribution >= 4 is 17.8 Å². The number of aliphatic hydroxyl groups excluding tert-OH is 2. The molecule has 2 amide bonds. The number of piperidine rings is 1. The summed E-state index contributed by atoms with van der Waals surface area (Å²) in [5.74, 6) is 0.0677. The molecule has 9 nitrogen and oxygen atoms in total. The maximum atomic E-state index is 12.6. The van der Waals surface area contributed by atoms with Crippen molar-refractivity contribution in [3.63, 3.8) is 0 Å². The van der Waals surface area contributed by atoms with Crippen LogP contribution in [0.25, 0.3) is 0 Å². The van der Waals surface area contributed by atoms with Crippen LogP contribution in [0.4, 0.5) is 5.95 Å². The second kappa shape index (κ2) is 11.9. The first-order valence-electron chi connectivity index (χ1n) is 12.3. The number of aliphatic hydroxyl groups is 2. The fourth-order valence-corrected chi connectivity index (χ4v) is 5.03. The number of amides is 2. The highest BCUT2D eigenvalue weighted by Gasteiger charge is 2.54. The lowest BCUT2D eigenvalue weighted by Gasteiger charge is -2.41. The molecule has 1 spiro atoms. The maximum Gasteiger partial charge on any atom is 0.258 e. The average Bonchev–Trinajstić information content (AvgIpc) is 3.19. The number of likely N-dealkylation sites (tertiary alicyclic amines) is 1. The van der Waals surface area contributed by atoms with E-state index >= 15 is 0 Å². The number of anilines is 1. The molecule has 1 saturated carbocycles. The van der Waals surface area contributed by atoms with Gasteiger partial charge in [-0.3, -0.25) is 19.4 Å². The summed E-state index contributed by atoms with van der Waals surface area (Å²) >= 11 is 0. The molecular formula is C24H39N5O4. The van der Waals surface area contributed by atoms with E-state index in [2.05, 4.69) is 33.6 Å². The highest BCUT2D eigenvalue weighted by atomic mass is 16.3. The number of unbranched alkanes of at least 4 members (excludes halogenated alkanes) is 1. The van der Waals surface area contributed by atoms with Gasteiger partial charge < -0.3 is 15.1 Å². The van der Waals surface area contributed by atoms with Crippen LogP contribution in [0, 0.1) is 5.41 Å². The fraction of sp³-hybridized carbons (Fsp3) is 0.750. The monoisotopic (exact) mass is 461 g/mol. The van der Waals surface area contributed by atoms with Crippen molar-refractivity contribution < 1.29 is 19.8 Å². The molecule has 3 fully saturated rings. The summed E-state index contributed by atoms with van der Waals surface area (Å²) in [5, 5.41) is 20.4. The van der Waals surface area contributed by atoms with Gasteiger partial charge >= 0.3 is 0 Å². The van der Waals surface area contributed by atoms with Gasteiger partial charge in [0.15, 0.2) is 0 Å². The second-order valence-corrected chi connectivity index (χ2v) is 9.51. The molecule has 0 bridgehead atoms. The number of piperazine rings is 1. The van der Waals surface area contributed by atoms with E-state index in [-0.39, 0.29) is 12.3 Å². The molecule has 1 aromatic heterocycles. The number of carbonyl (C=O) groups excluding carboxylic acids is 2.